The van der Waals surface area contributed by atoms with Gasteiger partial charge in [-0.3, -0.25) is 4.79 Å². The van der Waals surface area contributed by atoms with Crippen molar-refractivity contribution in [2.45, 2.75) is 52.7 Å². The highest BCUT2D eigenvalue weighted by Crippen LogP contribution is 2.13. The number of nitrogens with zero attached hydrogens (tertiary/aromatic N) is 3. The van der Waals surface area contributed by atoms with E-state index in [2.05, 4.69) is 29.1 Å². The highest BCUT2D eigenvalue weighted by molar-refractivity contribution is 5.93. The molecule has 5 nitrogen and oxygen atoms in total. The Kier molecular flexibility index (Phi) is 6.29. The van der Waals surface area contributed by atoms with Crippen LogP contribution in [0.1, 0.15) is 50.0 Å². The van der Waals surface area contributed by atoms with Gasteiger partial charge in [0.25, 0.3) is 5.91 Å². The third-order valence-electron chi connectivity index (χ3n) is 3.97. The summed E-state index contributed by atoms with van der Waals surface area (Å²) in [5.74, 6) is 0.504. The van der Waals surface area contributed by atoms with Gasteiger partial charge in [0.15, 0.2) is 0 Å². The van der Waals surface area contributed by atoms with E-state index in [4.69, 9.17) is 0 Å². The zero-order chi connectivity index (χ0) is 17.5. The summed E-state index contributed by atoms with van der Waals surface area (Å²) >= 11 is 0. The predicted molar refractivity (Wildman–Crippen MR) is 96.9 cm³/mol. The molecule has 0 bridgehead atoms. The van der Waals surface area contributed by atoms with Crippen LogP contribution >= 0.6 is 0 Å². The molecule has 1 aromatic carbocycles. The second-order valence-corrected chi connectivity index (χ2v) is 6.26. The lowest BCUT2D eigenvalue weighted by molar-refractivity contribution is 0.0689. The number of nitrogens with one attached hydrogen (secondary N) is 1. The number of amides is 1. The standard InChI is InChI=1S/C19H26N4O/c1-5-15(4)22-19-20-11-17(12-21-19)18(24)23(14(2)3)13-16-9-7-6-8-10-16/h6-12,14-15H,5,13H2,1-4H3,(H,20,21,22). The van der Waals surface area contributed by atoms with Gasteiger partial charge in [0.1, 0.15) is 0 Å². The van der Waals surface area contributed by atoms with Crippen molar-refractivity contribution in [1.82, 2.24) is 14.9 Å². The molecular weight excluding hydrogens is 300 g/mol. The molecule has 2 rings (SSSR count). The van der Waals surface area contributed by atoms with Gasteiger partial charge >= 0.3 is 0 Å². The fourth-order valence-corrected chi connectivity index (χ4v) is 2.27. The van der Waals surface area contributed by atoms with Crippen LogP contribution in [-0.2, 0) is 6.54 Å². The minimum Gasteiger partial charge on any atom is -0.352 e. The van der Waals surface area contributed by atoms with Gasteiger partial charge in [0, 0.05) is 31.0 Å². The van der Waals surface area contributed by atoms with Gasteiger partial charge in [-0.05, 0) is 32.8 Å². The van der Waals surface area contributed by atoms with E-state index in [1.807, 2.05) is 49.1 Å². The van der Waals surface area contributed by atoms with Crippen molar-refractivity contribution in [2.75, 3.05) is 5.32 Å². The maximum absolute atomic E-state index is 12.8. The number of anilines is 1. The molecule has 0 spiro atoms. The average molecular weight is 326 g/mol. The smallest absolute Gasteiger partial charge is 0.257 e. The fraction of sp³-hybridized carbons (Fsp3) is 0.421. The van der Waals surface area contributed by atoms with Crippen LogP contribution in [0.15, 0.2) is 42.7 Å². The maximum atomic E-state index is 12.8. The Morgan fingerprint density at radius 2 is 1.75 bits per heavy atom. The van der Waals surface area contributed by atoms with E-state index in [-0.39, 0.29) is 11.9 Å². The molecule has 2 aromatic rings. The quantitative estimate of drug-likeness (QED) is 0.842. The summed E-state index contributed by atoms with van der Waals surface area (Å²) in [5, 5.41) is 3.20. The van der Waals surface area contributed by atoms with E-state index < -0.39 is 0 Å². The second-order valence-electron chi connectivity index (χ2n) is 6.26. The van der Waals surface area contributed by atoms with Crippen LogP contribution in [0.4, 0.5) is 5.95 Å². The molecule has 5 heteroatoms. The number of carbonyl (C=O) groups is 1. The first kappa shape index (κ1) is 17.9. The van der Waals surface area contributed by atoms with Crippen LogP contribution < -0.4 is 5.32 Å². The minimum atomic E-state index is -0.0519. The predicted octanol–water partition coefficient (Wildman–Crippen LogP) is 3.74. The SMILES string of the molecule is CCC(C)Nc1ncc(C(=O)N(Cc2ccccc2)C(C)C)cn1. The van der Waals surface area contributed by atoms with E-state index in [1.54, 1.807) is 12.4 Å². The molecule has 0 aliphatic carbocycles. The number of carbonyl (C=O) groups excluding carboxylic acids is 1. The van der Waals surface area contributed by atoms with Crippen LogP contribution in [0, 0.1) is 0 Å². The Hall–Kier alpha value is -2.43. The third-order valence-corrected chi connectivity index (χ3v) is 3.97. The average Bonchev–Trinajstić information content (AvgIpc) is 2.60. The van der Waals surface area contributed by atoms with Crippen LogP contribution in [-0.4, -0.2) is 32.9 Å². The van der Waals surface area contributed by atoms with Crippen LogP contribution in [0.5, 0.6) is 0 Å². The summed E-state index contributed by atoms with van der Waals surface area (Å²) in [5.41, 5.74) is 1.62. The molecule has 128 valence electrons. The van der Waals surface area contributed by atoms with E-state index in [0.717, 1.165) is 12.0 Å². The molecule has 0 fully saturated rings. The lowest BCUT2D eigenvalue weighted by Crippen LogP contribution is -2.36. The maximum Gasteiger partial charge on any atom is 0.257 e. The van der Waals surface area contributed by atoms with Gasteiger partial charge in [-0.1, -0.05) is 37.3 Å². The van der Waals surface area contributed by atoms with Crippen LogP contribution in [0.2, 0.25) is 0 Å². The zero-order valence-electron chi connectivity index (χ0n) is 14.9. The summed E-state index contributed by atoms with van der Waals surface area (Å²) in [6.07, 6.45) is 4.18. The van der Waals surface area contributed by atoms with Gasteiger partial charge in [-0.15, -0.1) is 0 Å². The molecule has 0 aliphatic heterocycles. The second kappa shape index (κ2) is 8.43. The van der Waals surface area contributed by atoms with E-state index in [1.165, 1.54) is 0 Å². The molecule has 24 heavy (non-hydrogen) atoms. The van der Waals surface area contributed by atoms with Crippen molar-refractivity contribution in [3.63, 3.8) is 0 Å². The van der Waals surface area contributed by atoms with Crippen molar-refractivity contribution in [1.29, 1.82) is 0 Å². The lowest BCUT2D eigenvalue weighted by Gasteiger charge is -2.27. The Morgan fingerprint density at radius 3 is 2.29 bits per heavy atom. The largest absolute Gasteiger partial charge is 0.352 e. The first-order valence-electron chi connectivity index (χ1n) is 8.44. The van der Waals surface area contributed by atoms with Gasteiger partial charge < -0.3 is 10.2 Å². The van der Waals surface area contributed by atoms with Gasteiger partial charge in [0.05, 0.1) is 5.56 Å². The molecular formula is C19H26N4O. The molecule has 1 N–H and O–H groups in total. The number of aromatic nitrogens is 2. The topological polar surface area (TPSA) is 58.1 Å². The zero-order valence-corrected chi connectivity index (χ0v) is 14.9. The monoisotopic (exact) mass is 326 g/mol. The Labute approximate surface area is 144 Å². The molecule has 1 amide bonds. The number of hydrogen-bond acceptors (Lipinski definition) is 4. The molecule has 1 unspecified atom stereocenters. The fourth-order valence-electron chi connectivity index (χ4n) is 2.27. The summed E-state index contributed by atoms with van der Waals surface area (Å²) in [7, 11) is 0. The van der Waals surface area contributed by atoms with Gasteiger partial charge in [-0.2, -0.15) is 0 Å². The van der Waals surface area contributed by atoms with Crippen LogP contribution in [0.3, 0.4) is 0 Å². The first-order valence-corrected chi connectivity index (χ1v) is 8.44. The summed E-state index contributed by atoms with van der Waals surface area (Å²) in [6.45, 7) is 8.77. The number of hydrogen-bond donors (Lipinski definition) is 1. The molecule has 0 saturated heterocycles. The first-order chi connectivity index (χ1) is 11.5. The van der Waals surface area contributed by atoms with Crippen LogP contribution in [0.25, 0.3) is 0 Å². The number of benzene rings is 1. The van der Waals surface area contributed by atoms with E-state index in [9.17, 15) is 4.79 Å². The van der Waals surface area contributed by atoms with Gasteiger partial charge in [-0.25, -0.2) is 9.97 Å². The Morgan fingerprint density at radius 1 is 1.12 bits per heavy atom. The lowest BCUT2D eigenvalue weighted by atomic mass is 10.1. The normalized spacial score (nSPS) is 12.0. The molecule has 1 aromatic heterocycles. The molecule has 0 aliphatic rings. The van der Waals surface area contributed by atoms with Crippen molar-refractivity contribution in [3.8, 4) is 0 Å². The van der Waals surface area contributed by atoms with Crippen molar-refractivity contribution >= 4 is 11.9 Å². The highest BCUT2D eigenvalue weighted by atomic mass is 16.2. The molecule has 1 heterocycles. The molecule has 0 radical (unpaired) electrons. The summed E-state index contributed by atoms with van der Waals surface area (Å²) in [4.78, 5) is 23.2. The van der Waals surface area contributed by atoms with Crippen molar-refractivity contribution < 1.29 is 4.79 Å². The van der Waals surface area contributed by atoms with Crippen molar-refractivity contribution in [2.24, 2.45) is 0 Å². The molecule has 1 atom stereocenters. The number of rotatable bonds is 7. The highest BCUT2D eigenvalue weighted by Gasteiger charge is 2.20. The van der Waals surface area contributed by atoms with Gasteiger partial charge in [0.2, 0.25) is 5.95 Å². The summed E-state index contributed by atoms with van der Waals surface area (Å²) in [6, 6.07) is 10.4. The Balaban J connectivity index is 2.12. The third kappa shape index (κ3) is 4.78. The van der Waals surface area contributed by atoms with E-state index >= 15 is 0 Å². The summed E-state index contributed by atoms with van der Waals surface area (Å²) < 4.78 is 0. The van der Waals surface area contributed by atoms with E-state index in [0.29, 0.717) is 24.1 Å². The Bertz CT molecular complexity index is 640. The van der Waals surface area contributed by atoms with Crippen molar-refractivity contribution in [3.05, 3.63) is 53.9 Å². The minimum absolute atomic E-state index is 0.0519. The molecule has 0 saturated carbocycles.